The van der Waals surface area contributed by atoms with Gasteiger partial charge in [-0.05, 0) is 36.1 Å². The van der Waals surface area contributed by atoms with E-state index in [9.17, 15) is 14.9 Å². The predicted octanol–water partition coefficient (Wildman–Crippen LogP) is 3.87. The average molecular weight is 431 g/mol. The molecule has 1 amide bonds. The number of hydrogen-bond donors (Lipinski definition) is 0. The fraction of sp³-hybridized carbons (Fsp3) is 0.263. The van der Waals surface area contributed by atoms with Crippen molar-refractivity contribution in [1.82, 2.24) is 4.98 Å². The third-order valence-corrected chi connectivity index (χ3v) is 6.45. The van der Waals surface area contributed by atoms with E-state index in [0.29, 0.717) is 25.4 Å². The van der Waals surface area contributed by atoms with E-state index in [4.69, 9.17) is 9.47 Å². The van der Waals surface area contributed by atoms with Gasteiger partial charge in [0.2, 0.25) is 6.41 Å². The molecule has 3 aromatic rings. The van der Waals surface area contributed by atoms with Crippen LogP contribution in [0.4, 0.5) is 11.4 Å². The van der Waals surface area contributed by atoms with Gasteiger partial charge < -0.3 is 14.4 Å². The van der Waals surface area contributed by atoms with Gasteiger partial charge in [-0.25, -0.2) is 4.98 Å². The maximum absolute atomic E-state index is 11.8. The number of nitro groups is 1. The molecule has 0 N–H and O–H groups in total. The monoisotopic (exact) mass is 431 g/mol. The Hall–Kier alpha value is -2.69. The first-order valence-corrected chi connectivity index (χ1v) is 10.8. The molecule has 0 unspecified atom stereocenters. The molecule has 150 valence electrons. The third-order valence-electron chi connectivity index (χ3n) is 4.45. The summed E-state index contributed by atoms with van der Waals surface area (Å²) in [5, 5.41) is 11.6. The zero-order valence-corrected chi connectivity index (χ0v) is 17.1. The number of thiazole rings is 1. The molecule has 29 heavy (non-hydrogen) atoms. The number of carbonyl (C=O) groups is 1. The first-order valence-electron chi connectivity index (χ1n) is 8.75. The molecule has 0 radical (unpaired) electrons. The van der Waals surface area contributed by atoms with Crippen LogP contribution in [0, 0.1) is 10.1 Å². The highest BCUT2D eigenvalue weighted by Crippen LogP contribution is 2.34. The molecular formula is C19H17N3O5S2. The normalized spacial score (nSPS) is 13.8. The Kier molecular flexibility index (Phi) is 5.65. The third kappa shape index (κ3) is 4.19. The van der Waals surface area contributed by atoms with Crippen LogP contribution in [0.1, 0.15) is 5.56 Å². The highest BCUT2D eigenvalue weighted by atomic mass is 32.2. The summed E-state index contributed by atoms with van der Waals surface area (Å²) in [5.41, 5.74) is 1.80. The highest BCUT2D eigenvalue weighted by molar-refractivity contribution is 8.00. The molecule has 0 bridgehead atoms. The summed E-state index contributed by atoms with van der Waals surface area (Å²) in [6, 6.07) is 10.3. The van der Waals surface area contributed by atoms with E-state index < -0.39 is 4.92 Å². The lowest BCUT2D eigenvalue weighted by Crippen LogP contribution is -2.38. The Morgan fingerprint density at radius 1 is 1.38 bits per heavy atom. The van der Waals surface area contributed by atoms with Gasteiger partial charge in [-0.3, -0.25) is 14.9 Å². The SMILES string of the molecule is CSc1nc2ccc(CN(C=O)c3ccc(OC4COC4)cc3[N+](=O)[O-])cc2s1. The van der Waals surface area contributed by atoms with E-state index >= 15 is 0 Å². The number of fused-ring (bicyclic) bond motifs is 1. The Morgan fingerprint density at radius 2 is 2.21 bits per heavy atom. The van der Waals surface area contributed by atoms with E-state index in [0.717, 1.165) is 20.1 Å². The van der Waals surface area contributed by atoms with Crippen molar-refractivity contribution in [1.29, 1.82) is 0 Å². The molecule has 1 aromatic heterocycles. The van der Waals surface area contributed by atoms with Crippen LogP contribution < -0.4 is 9.64 Å². The van der Waals surface area contributed by atoms with Crippen LogP contribution in [-0.2, 0) is 16.1 Å². The summed E-state index contributed by atoms with van der Waals surface area (Å²) < 4.78 is 12.7. The molecule has 2 heterocycles. The van der Waals surface area contributed by atoms with E-state index in [1.807, 2.05) is 24.5 Å². The summed E-state index contributed by atoms with van der Waals surface area (Å²) in [6.45, 7) is 1.14. The predicted molar refractivity (Wildman–Crippen MR) is 112 cm³/mol. The maximum atomic E-state index is 11.8. The molecule has 0 saturated carbocycles. The summed E-state index contributed by atoms with van der Waals surface area (Å²) in [4.78, 5) is 28.7. The van der Waals surface area contributed by atoms with Crippen LogP contribution in [0.25, 0.3) is 10.2 Å². The van der Waals surface area contributed by atoms with E-state index in [2.05, 4.69) is 4.98 Å². The lowest BCUT2D eigenvalue weighted by atomic mass is 10.1. The second kappa shape index (κ2) is 8.36. The second-order valence-corrected chi connectivity index (χ2v) is 8.49. The van der Waals surface area contributed by atoms with Crippen LogP contribution in [0.3, 0.4) is 0 Å². The minimum absolute atomic E-state index is 0.0973. The van der Waals surface area contributed by atoms with Gasteiger partial charge >= 0.3 is 0 Å². The first kappa shape index (κ1) is 19.6. The summed E-state index contributed by atoms with van der Waals surface area (Å²) in [5.74, 6) is 0.385. The molecule has 1 aliphatic rings. The number of aromatic nitrogens is 1. The maximum Gasteiger partial charge on any atom is 0.296 e. The van der Waals surface area contributed by atoms with E-state index in [-0.39, 0.29) is 24.0 Å². The van der Waals surface area contributed by atoms with Gasteiger partial charge in [0.25, 0.3) is 5.69 Å². The number of thioether (sulfide) groups is 1. The quantitative estimate of drug-likeness (QED) is 0.231. The van der Waals surface area contributed by atoms with Gasteiger partial charge in [0, 0.05) is 0 Å². The van der Waals surface area contributed by atoms with Crippen molar-refractivity contribution in [3.63, 3.8) is 0 Å². The first-order chi connectivity index (χ1) is 14.1. The minimum Gasteiger partial charge on any atom is -0.485 e. The molecule has 1 aliphatic heterocycles. The van der Waals surface area contributed by atoms with Gasteiger partial charge in [0.15, 0.2) is 4.34 Å². The molecule has 2 aromatic carbocycles. The number of ether oxygens (including phenoxy) is 2. The van der Waals surface area contributed by atoms with Crippen LogP contribution in [0.5, 0.6) is 5.75 Å². The minimum atomic E-state index is -0.507. The molecule has 8 nitrogen and oxygen atoms in total. The molecule has 10 heteroatoms. The number of nitrogens with zero attached hydrogens (tertiary/aromatic N) is 3. The number of rotatable bonds is 8. The van der Waals surface area contributed by atoms with Crippen molar-refractivity contribution in [3.05, 3.63) is 52.1 Å². The Morgan fingerprint density at radius 3 is 2.86 bits per heavy atom. The zero-order chi connectivity index (χ0) is 20.4. The molecule has 0 spiro atoms. The largest absolute Gasteiger partial charge is 0.485 e. The molecule has 0 aliphatic carbocycles. The number of hydrogen-bond acceptors (Lipinski definition) is 8. The van der Waals surface area contributed by atoms with Crippen LogP contribution in [0.15, 0.2) is 40.7 Å². The lowest BCUT2D eigenvalue weighted by molar-refractivity contribution is -0.384. The Balaban J connectivity index is 1.60. The molecular weight excluding hydrogens is 414 g/mol. The van der Waals surface area contributed by atoms with E-state index in [1.165, 1.54) is 11.0 Å². The van der Waals surface area contributed by atoms with Gasteiger partial charge in [-0.2, -0.15) is 0 Å². The number of anilines is 1. The standard InChI is InChI=1S/C19H17N3O5S2/c1-28-19-20-15-4-2-12(6-18(15)29-19)8-21(11-23)16-5-3-13(7-17(16)22(24)25)27-14-9-26-10-14/h2-7,11,14H,8-10H2,1H3. The van der Waals surface area contributed by atoms with Crippen molar-refractivity contribution >= 4 is 51.1 Å². The van der Waals surface area contributed by atoms with Gasteiger partial charge in [0.05, 0.1) is 41.0 Å². The fourth-order valence-corrected chi connectivity index (χ4v) is 4.50. The van der Waals surface area contributed by atoms with Crippen molar-refractivity contribution in [2.75, 3.05) is 24.4 Å². The van der Waals surface area contributed by atoms with Crippen molar-refractivity contribution in [2.45, 2.75) is 17.0 Å². The number of amides is 1. The fourth-order valence-electron chi connectivity index (χ4n) is 2.95. The van der Waals surface area contributed by atoms with Crippen molar-refractivity contribution in [3.8, 4) is 5.75 Å². The van der Waals surface area contributed by atoms with Crippen molar-refractivity contribution in [2.24, 2.45) is 0 Å². The Labute approximate surface area is 174 Å². The van der Waals surface area contributed by atoms with Gasteiger partial charge in [-0.1, -0.05) is 17.8 Å². The van der Waals surface area contributed by atoms with Crippen LogP contribution in [-0.4, -0.2) is 41.9 Å². The second-order valence-electron chi connectivity index (χ2n) is 6.40. The summed E-state index contributed by atoms with van der Waals surface area (Å²) in [7, 11) is 0. The van der Waals surface area contributed by atoms with E-state index in [1.54, 1.807) is 35.2 Å². The average Bonchev–Trinajstić information content (AvgIpc) is 3.11. The zero-order valence-electron chi connectivity index (χ0n) is 15.4. The smallest absolute Gasteiger partial charge is 0.296 e. The number of nitro benzene ring substituents is 1. The van der Waals surface area contributed by atoms with Crippen LogP contribution in [0.2, 0.25) is 0 Å². The summed E-state index contributed by atoms with van der Waals surface area (Å²) >= 11 is 3.15. The summed E-state index contributed by atoms with van der Waals surface area (Å²) in [6.07, 6.45) is 2.48. The molecule has 1 fully saturated rings. The van der Waals surface area contributed by atoms with Crippen LogP contribution >= 0.6 is 23.1 Å². The van der Waals surface area contributed by atoms with Gasteiger partial charge in [0.1, 0.15) is 17.5 Å². The number of benzene rings is 2. The highest BCUT2D eigenvalue weighted by Gasteiger charge is 2.24. The molecule has 0 atom stereocenters. The molecule has 4 rings (SSSR count). The lowest BCUT2D eigenvalue weighted by Gasteiger charge is -2.27. The van der Waals surface area contributed by atoms with Gasteiger partial charge in [-0.15, -0.1) is 11.3 Å². The molecule has 1 saturated heterocycles. The number of carbonyl (C=O) groups excluding carboxylic acids is 1. The van der Waals surface area contributed by atoms with Crippen molar-refractivity contribution < 1.29 is 19.2 Å². The Bertz CT molecular complexity index is 1070. The topological polar surface area (TPSA) is 94.8 Å².